The third kappa shape index (κ3) is 3.25. The molecule has 2 N–H and O–H groups in total. The van der Waals surface area contributed by atoms with Crippen LogP contribution in [0.5, 0.6) is 5.75 Å². The average Bonchev–Trinajstić information content (AvgIpc) is 2.11. The van der Waals surface area contributed by atoms with E-state index in [1.807, 2.05) is 25.1 Å². The van der Waals surface area contributed by atoms with E-state index in [1.54, 1.807) is 0 Å². The van der Waals surface area contributed by atoms with E-state index in [0.717, 1.165) is 17.7 Å². The highest BCUT2D eigenvalue weighted by atomic mass is 35.5. The van der Waals surface area contributed by atoms with E-state index in [0.29, 0.717) is 18.2 Å². The first-order chi connectivity index (χ1) is 6.24. The van der Waals surface area contributed by atoms with Gasteiger partial charge < -0.3 is 10.5 Å². The van der Waals surface area contributed by atoms with E-state index in [1.165, 1.54) is 0 Å². The van der Waals surface area contributed by atoms with Crippen molar-refractivity contribution in [1.29, 1.82) is 0 Å². The van der Waals surface area contributed by atoms with Crippen molar-refractivity contribution in [2.75, 3.05) is 13.2 Å². The highest BCUT2D eigenvalue weighted by Crippen LogP contribution is 2.22. The summed E-state index contributed by atoms with van der Waals surface area (Å²) in [5.41, 5.74) is 6.45. The van der Waals surface area contributed by atoms with E-state index >= 15 is 0 Å². The lowest BCUT2D eigenvalue weighted by Gasteiger charge is -2.08. The van der Waals surface area contributed by atoms with Crippen LogP contribution in [0.3, 0.4) is 0 Å². The molecule has 0 aliphatic rings. The van der Waals surface area contributed by atoms with Gasteiger partial charge in [0.15, 0.2) is 0 Å². The lowest BCUT2D eigenvalue weighted by atomic mass is 10.2. The van der Waals surface area contributed by atoms with Crippen LogP contribution < -0.4 is 10.5 Å². The quantitative estimate of drug-likeness (QED) is 0.756. The maximum atomic E-state index is 5.82. The number of halogens is 1. The smallest absolute Gasteiger partial charge is 0.123 e. The van der Waals surface area contributed by atoms with Gasteiger partial charge in [0, 0.05) is 5.02 Å². The summed E-state index contributed by atoms with van der Waals surface area (Å²) in [6.07, 6.45) is 0.867. The van der Waals surface area contributed by atoms with Crippen molar-refractivity contribution in [3.05, 3.63) is 28.8 Å². The zero-order valence-corrected chi connectivity index (χ0v) is 8.47. The molecule has 0 unspecified atom stereocenters. The Morgan fingerprint density at radius 3 is 2.92 bits per heavy atom. The lowest BCUT2D eigenvalue weighted by molar-refractivity contribution is 0.311. The molecule has 2 nitrogen and oxygen atoms in total. The Bertz CT molecular complexity index is 276. The predicted octanol–water partition coefficient (Wildman–Crippen LogP) is 2.38. The maximum Gasteiger partial charge on any atom is 0.123 e. The molecule has 0 spiro atoms. The monoisotopic (exact) mass is 199 g/mol. The number of hydrogen-bond donors (Lipinski definition) is 1. The van der Waals surface area contributed by atoms with Gasteiger partial charge in [-0.2, -0.15) is 0 Å². The minimum Gasteiger partial charge on any atom is -0.493 e. The Morgan fingerprint density at radius 2 is 2.23 bits per heavy atom. The van der Waals surface area contributed by atoms with Crippen molar-refractivity contribution in [1.82, 2.24) is 0 Å². The molecule has 0 aromatic heterocycles. The van der Waals surface area contributed by atoms with Gasteiger partial charge in [-0.3, -0.25) is 0 Å². The standard InChI is InChI=1S/C10H14ClNO/c1-8-3-4-9(11)7-10(8)13-6-2-5-12/h3-4,7H,2,5-6,12H2,1H3. The summed E-state index contributed by atoms with van der Waals surface area (Å²) in [7, 11) is 0. The molecule has 0 atom stereocenters. The molecule has 1 rings (SSSR count). The SMILES string of the molecule is Cc1ccc(Cl)cc1OCCCN. The van der Waals surface area contributed by atoms with E-state index in [9.17, 15) is 0 Å². The van der Waals surface area contributed by atoms with Crippen molar-refractivity contribution in [3.63, 3.8) is 0 Å². The summed E-state index contributed by atoms with van der Waals surface area (Å²) in [4.78, 5) is 0. The summed E-state index contributed by atoms with van der Waals surface area (Å²) >= 11 is 5.82. The van der Waals surface area contributed by atoms with Crippen LogP contribution in [0.2, 0.25) is 5.02 Å². The van der Waals surface area contributed by atoms with Crippen LogP contribution in [0.4, 0.5) is 0 Å². The van der Waals surface area contributed by atoms with Crippen LogP contribution in [0.15, 0.2) is 18.2 Å². The summed E-state index contributed by atoms with van der Waals surface area (Å²) in [6.45, 7) is 3.30. The Hall–Kier alpha value is -0.730. The van der Waals surface area contributed by atoms with Crippen molar-refractivity contribution in [2.45, 2.75) is 13.3 Å². The molecule has 72 valence electrons. The number of benzene rings is 1. The van der Waals surface area contributed by atoms with Crippen LogP contribution in [0.1, 0.15) is 12.0 Å². The highest BCUT2D eigenvalue weighted by molar-refractivity contribution is 6.30. The largest absolute Gasteiger partial charge is 0.493 e. The highest BCUT2D eigenvalue weighted by Gasteiger charge is 1.99. The normalized spacial score (nSPS) is 10.1. The van der Waals surface area contributed by atoms with Gasteiger partial charge in [-0.25, -0.2) is 0 Å². The molecule has 0 radical (unpaired) electrons. The van der Waals surface area contributed by atoms with Gasteiger partial charge >= 0.3 is 0 Å². The van der Waals surface area contributed by atoms with Gasteiger partial charge in [0.1, 0.15) is 5.75 Å². The summed E-state index contributed by atoms with van der Waals surface area (Å²) in [5.74, 6) is 0.848. The van der Waals surface area contributed by atoms with E-state index < -0.39 is 0 Å². The molecular weight excluding hydrogens is 186 g/mol. The summed E-state index contributed by atoms with van der Waals surface area (Å²) in [5, 5.41) is 0.702. The fraction of sp³-hybridized carbons (Fsp3) is 0.400. The third-order valence-electron chi connectivity index (χ3n) is 1.76. The molecule has 13 heavy (non-hydrogen) atoms. The first kappa shape index (κ1) is 10.4. The van der Waals surface area contributed by atoms with Crippen LogP contribution >= 0.6 is 11.6 Å². The maximum absolute atomic E-state index is 5.82. The summed E-state index contributed by atoms with van der Waals surface area (Å²) < 4.78 is 5.49. The second kappa shape index (κ2) is 5.10. The lowest BCUT2D eigenvalue weighted by Crippen LogP contribution is -2.06. The average molecular weight is 200 g/mol. The number of aryl methyl sites for hydroxylation is 1. The number of nitrogens with two attached hydrogens (primary N) is 1. The van der Waals surface area contributed by atoms with Gasteiger partial charge in [-0.05, 0) is 37.6 Å². The van der Waals surface area contributed by atoms with Crippen LogP contribution in [0, 0.1) is 6.92 Å². The van der Waals surface area contributed by atoms with E-state index in [-0.39, 0.29) is 0 Å². The summed E-state index contributed by atoms with van der Waals surface area (Å²) in [6, 6.07) is 5.63. The molecule has 0 aliphatic carbocycles. The zero-order chi connectivity index (χ0) is 9.68. The second-order valence-corrected chi connectivity index (χ2v) is 3.34. The molecule has 1 aromatic rings. The van der Waals surface area contributed by atoms with Gasteiger partial charge in [0.05, 0.1) is 6.61 Å². The Labute approximate surface area is 83.6 Å². The van der Waals surface area contributed by atoms with Crippen LogP contribution in [-0.4, -0.2) is 13.2 Å². The Balaban J connectivity index is 2.59. The van der Waals surface area contributed by atoms with Crippen molar-refractivity contribution < 1.29 is 4.74 Å². The van der Waals surface area contributed by atoms with Crippen molar-refractivity contribution in [2.24, 2.45) is 5.73 Å². The van der Waals surface area contributed by atoms with E-state index in [2.05, 4.69) is 0 Å². The fourth-order valence-electron chi connectivity index (χ4n) is 0.995. The topological polar surface area (TPSA) is 35.2 Å². The first-order valence-corrected chi connectivity index (χ1v) is 4.71. The van der Waals surface area contributed by atoms with Gasteiger partial charge in [-0.1, -0.05) is 17.7 Å². The number of rotatable bonds is 4. The van der Waals surface area contributed by atoms with Gasteiger partial charge in [0.25, 0.3) is 0 Å². The van der Waals surface area contributed by atoms with Crippen molar-refractivity contribution in [3.8, 4) is 5.75 Å². The fourth-order valence-corrected chi connectivity index (χ4v) is 1.16. The molecular formula is C10H14ClNO. The molecule has 0 aliphatic heterocycles. The molecule has 3 heteroatoms. The molecule has 0 bridgehead atoms. The minimum atomic E-state index is 0.650. The molecule has 0 saturated heterocycles. The molecule has 0 fully saturated rings. The van der Waals surface area contributed by atoms with Crippen LogP contribution in [-0.2, 0) is 0 Å². The minimum absolute atomic E-state index is 0.650. The van der Waals surface area contributed by atoms with Gasteiger partial charge in [-0.15, -0.1) is 0 Å². The number of hydrogen-bond acceptors (Lipinski definition) is 2. The Morgan fingerprint density at radius 1 is 1.46 bits per heavy atom. The first-order valence-electron chi connectivity index (χ1n) is 4.33. The molecule has 0 amide bonds. The second-order valence-electron chi connectivity index (χ2n) is 2.90. The predicted molar refractivity (Wildman–Crippen MR) is 55.4 cm³/mol. The van der Waals surface area contributed by atoms with Crippen molar-refractivity contribution >= 4 is 11.6 Å². The molecule has 1 aromatic carbocycles. The molecule has 0 heterocycles. The third-order valence-corrected chi connectivity index (χ3v) is 1.99. The Kier molecular flexibility index (Phi) is 4.06. The van der Waals surface area contributed by atoms with Gasteiger partial charge in [0.2, 0.25) is 0 Å². The van der Waals surface area contributed by atoms with Crippen LogP contribution in [0.25, 0.3) is 0 Å². The number of ether oxygens (including phenoxy) is 1. The zero-order valence-electron chi connectivity index (χ0n) is 7.72. The molecule has 0 saturated carbocycles. The van der Waals surface area contributed by atoms with E-state index in [4.69, 9.17) is 22.1 Å².